The van der Waals surface area contributed by atoms with Crippen molar-refractivity contribution in [3.05, 3.63) is 39.9 Å². The maximum absolute atomic E-state index is 15.3. The normalized spacial score (nSPS) is 20.9. The van der Waals surface area contributed by atoms with Crippen LogP contribution in [-0.2, 0) is 19.1 Å². The molecule has 0 unspecified atom stereocenters. The quantitative estimate of drug-likeness (QED) is 0.500. The number of halogens is 1. The molecule has 1 spiro atoms. The van der Waals surface area contributed by atoms with E-state index < -0.39 is 32.9 Å². The van der Waals surface area contributed by atoms with Gasteiger partial charge < -0.3 is 23.8 Å². The lowest BCUT2D eigenvalue weighted by Gasteiger charge is -2.38. The van der Waals surface area contributed by atoms with Crippen LogP contribution in [0.4, 0.5) is 10.1 Å². The largest absolute Gasteiger partial charge is 0.399 e. The summed E-state index contributed by atoms with van der Waals surface area (Å²) in [6.45, 7) is 2.39. The second-order valence-corrected chi connectivity index (χ2v) is 10.4. The summed E-state index contributed by atoms with van der Waals surface area (Å²) in [7, 11) is -2.63. The van der Waals surface area contributed by atoms with E-state index in [2.05, 4.69) is 14.7 Å². The minimum absolute atomic E-state index is 0.00361. The third kappa shape index (κ3) is 3.76. The van der Waals surface area contributed by atoms with Gasteiger partial charge in [0.2, 0.25) is 5.43 Å². The van der Waals surface area contributed by atoms with Gasteiger partial charge in [-0.15, -0.1) is 0 Å². The van der Waals surface area contributed by atoms with Crippen molar-refractivity contribution >= 4 is 38.4 Å². The Morgan fingerprint density at radius 1 is 1.30 bits per heavy atom. The average Bonchev–Trinajstić information content (AvgIpc) is 3.47. The Kier molecular flexibility index (Phi) is 4.98. The number of rotatable bonds is 5. The minimum atomic E-state index is -4.11. The highest BCUT2D eigenvalue weighted by Crippen LogP contribution is 2.40. The fraction of sp³-hybridized carbons (Fsp3) is 0.476. The summed E-state index contributed by atoms with van der Waals surface area (Å²) in [5.74, 6) is -1.89. The maximum Gasteiger partial charge on any atom is 0.359 e. The van der Waals surface area contributed by atoms with Crippen LogP contribution in [0, 0.1) is 11.2 Å². The molecule has 3 heterocycles. The van der Waals surface area contributed by atoms with Crippen LogP contribution in [0.15, 0.2) is 28.3 Å². The molecular weight excluding hydrogens is 455 g/mol. The second-order valence-electron chi connectivity index (χ2n) is 8.87. The second kappa shape index (κ2) is 7.52. The Balaban J connectivity index is 1.61. The summed E-state index contributed by atoms with van der Waals surface area (Å²) in [4.78, 5) is 32.2. The third-order valence-corrected chi connectivity index (χ3v) is 6.86. The van der Waals surface area contributed by atoms with Crippen LogP contribution in [0.3, 0.4) is 0 Å². The number of nitrogens with zero attached hydrogens (tertiary/aromatic N) is 3. The number of hydrogen-bond acceptors (Lipinski definition) is 9. The van der Waals surface area contributed by atoms with E-state index in [0.717, 1.165) is 44.0 Å². The highest BCUT2D eigenvalue weighted by atomic mass is 32.2. The zero-order valence-electron chi connectivity index (χ0n) is 18.1. The molecule has 1 aliphatic carbocycles. The maximum atomic E-state index is 15.3. The smallest absolute Gasteiger partial charge is 0.359 e. The molecule has 0 radical (unpaired) electrons. The SMILES string of the molecule is CO/N=C1\CN(c2cc3c(cc2F)c(=O)c(C(=O)OS(C)(=O)=O)cn3C2CC2)CC12CNC2. The number of fused-ring (bicyclic) bond motifs is 1. The summed E-state index contributed by atoms with van der Waals surface area (Å²) in [5, 5.41) is 7.38. The molecule has 0 atom stereocenters. The number of hydrogen-bond donors (Lipinski definition) is 1. The number of carbonyl (C=O) groups excluding carboxylic acids is 1. The first kappa shape index (κ1) is 21.8. The number of aromatic nitrogens is 1. The van der Waals surface area contributed by atoms with Crippen molar-refractivity contribution in [1.29, 1.82) is 0 Å². The summed E-state index contributed by atoms with van der Waals surface area (Å²) in [6.07, 6.45) is 3.69. The lowest BCUT2D eigenvalue weighted by molar-refractivity contribution is 0.0746. The topological polar surface area (TPSA) is 119 Å². The van der Waals surface area contributed by atoms with E-state index >= 15 is 4.39 Å². The third-order valence-electron chi connectivity index (χ3n) is 6.40. The first-order valence-corrected chi connectivity index (χ1v) is 12.3. The van der Waals surface area contributed by atoms with E-state index in [1.54, 1.807) is 10.6 Å². The number of pyridine rings is 1. The molecular formula is C21H23FN4O6S. The Morgan fingerprint density at radius 3 is 2.61 bits per heavy atom. The number of benzene rings is 1. The fourth-order valence-electron chi connectivity index (χ4n) is 4.59. The van der Waals surface area contributed by atoms with E-state index in [1.807, 2.05) is 4.90 Å². The molecule has 3 fully saturated rings. The first-order valence-electron chi connectivity index (χ1n) is 10.5. The van der Waals surface area contributed by atoms with Gasteiger partial charge in [-0.2, -0.15) is 8.42 Å². The van der Waals surface area contributed by atoms with Crippen molar-refractivity contribution in [2.75, 3.05) is 44.4 Å². The van der Waals surface area contributed by atoms with Crippen LogP contribution >= 0.6 is 0 Å². The van der Waals surface area contributed by atoms with Gasteiger partial charge in [-0.25, -0.2) is 9.18 Å². The number of carbonyl (C=O) groups is 1. The zero-order valence-corrected chi connectivity index (χ0v) is 18.9. The number of anilines is 1. The van der Waals surface area contributed by atoms with Gasteiger partial charge in [0, 0.05) is 37.3 Å². The van der Waals surface area contributed by atoms with Gasteiger partial charge in [0.05, 0.1) is 35.1 Å². The van der Waals surface area contributed by atoms with Crippen LogP contribution in [0.5, 0.6) is 0 Å². The summed E-state index contributed by atoms with van der Waals surface area (Å²) in [6, 6.07) is 2.76. The van der Waals surface area contributed by atoms with E-state index in [9.17, 15) is 18.0 Å². The molecule has 12 heteroatoms. The van der Waals surface area contributed by atoms with Crippen LogP contribution in [0.2, 0.25) is 0 Å². The summed E-state index contributed by atoms with van der Waals surface area (Å²) >= 11 is 0. The molecule has 176 valence electrons. The van der Waals surface area contributed by atoms with E-state index in [0.29, 0.717) is 24.3 Å². The molecule has 1 aromatic carbocycles. The highest BCUT2D eigenvalue weighted by molar-refractivity contribution is 7.86. The molecule has 1 N–H and O–H groups in total. The van der Waals surface area contributed by atoms with Crippen LogP contribution in [0.1, 0.15) is 29.2 Å². The fourth-order valence-corrected chi connectivity index (χ4v) is 4.96. The molecule has 33 heavy (non-hydrogen) atoms. The van der Waals surface area contributed by atoms with Crippen molar-refractivity contribution in [3.63, 3.8) is 0 Å². The zero-order chi connectivity index (χ0) is 23.5. The lowest BCUT2D eigenvalue weighted by Crippen LogP contribution is -2.58. The van der Waals surface area contributed by atoms with Crippen molar-refractivity contribution in [2.24, 2.45) is 10.6 Å². The molecule has 2 saturated heterocycles. The molecule has 5 rings (SSSR count). The van der Waals surface area contributed by atoms with Crippen molar-refractivity contribution in [1.82, 2.24) is 9.88 Å². The van der Waals surface area contributed by atoms with Gasteiger partial charge in [-0.3, -0.25) is 4.79 Å². The van der Waals surface area contributed by atoms with Crippen molar-refractivity contribution < 1.29 is 26.6 Å². The van der Waals surface area contributed by atoms with Crippen LogP contribution < -0.4 is 15.6 Å². The van der Waals surface area contributed by atoms with Gasteiger partial charge in [-0.1, -0.05) is 5.16 Å². The Hall–Kier alpha value is -2.99. The Morgan fingerprint density at radius 2 is 2.03 bits per heavy atom. The monoisotopic (exact) mass is 478 g/mol. The van der Waals surface area contributed by atoms with Crippen molar-refractivity contribution in [2.45, 2.75) is 18.9 Å². The van der Waals surface area contributed by atoms with E-state index in [4.69, 9.17) is 4.84 Å². The van der Waals surface area contributed by atoms with Gasteiger partial charge in [0.25, 0.3) is 0 Å². The average molecular weight is 479 g/mol. The Bertz CT molecular complexity index is 1360. The van der Waals surface area contributed by atoms with E-state index in [1.165, 1.54) is 13.3 Å². The molecule has 3 aliphatic rings. The van der Waals surface area contributed by atoms with Gasteiger partial charge in [0.1, 0.15) is 18.5 Å². The molecule has 10 nitrogen and oxygen atoms in total. The van der Waals surface area contributed by atoms with E-state index in [-0.39, 0.29) is 16.8 Å². The predicted octanol–water partition coefficient (Wildman–Crippen LogP) is 1.00. The first-order chi connectivity index (χ1) is 15.6. The molecule has 0 bridgehead atoms. The summed E-state index contributed by atoms with van der Waals surface area (Å²) in [5.41, 5.74) is 0.211. The lowest BCUT2D eigenvalue weighted by atomic mass is 9.79. The van der Waals surface area contributed by atoms with Gasteiger partial charge >= 0.3 is 16.1 Å². The standard InChI is InChI=1S/C21H23FN4O6S/c1-31-24-18-8-25(11-21(18)9-23-10-21)17-6-16-13(5-15(17)22)19(27)14(7-26(16)12-3-4-12)20(28)32-33(2,29)30/h5-7,12,23H,3-4,8-11H2,1-2H3/b24-18+. The molecule has 1 saturated carbocycles. The van der Waals surface area contributed by atoms with Crippen LogP contribution in [0.25, 0.3) is 10.9 Å². The Labute approximate surface area is 189 Å². The molecule has 1 aromatic heterocycles. The minimum Gasteiger partial charge on any atom is -0.399 e. The van der Waals surface area contributed by atoms with Crippen LogP contribution in [-0.4, -0.2) is 64.2 Å². The predicted molar refractivity (Wildman–Crippen MR) is 119 cm³/mol. The van der Waals surface area contributed by atoms with Gasteiger partial charge in [0.15, 0.2) is 0 Å². The van der Waals surface area contributed by atoms with Gasteiger partial charge in [-0.05, 0) is 25.0 Å². The van der Waals surface area contributed by atoms with Crippen molar-refractivity contribution in [3.8, 4) is 0 Å². The number of nitrogens with one attached hydrogen (secondary N) is 1. The summed E-state index contributed by atoms with van der Waals surface area (Å²) < 4.78 is 44.2. The molecule has 2 aromatic rings. The highest BCUT2D eigenvalue weighted by Gasteiger charge is 2.49. The number of oxime groups is 1. The molecule has 0 amide bonds. The molecule has 2 aliphatic heterocycles.